The Balaban J connectivity index is 1.57. The number of hydrogen-bond acceptors (Lipinski definition) is 5. The predicted molar refractivity (Wildman–Crippen MR) is 112 cm³/mol. The summed E-state index contributed by atoms with van der Waals surface area (Å²) >= 11 is 0. The van der Waals surface area contributed by atoms with Gasteiger partial charge in [0, 0.05) is 12.0 Å². The molecule has 0 aliphatic carbocycles. The first kappa shape index (κ1) is 17.5. The highest BCUT2D eigenvalue weighted by molar-refractivity contribution is 5.76. The molecule has 1 atom stereocenters. The fraction of sp³-hybridized carbons (Fsp3) is 0.227. The van der Waals surface area contributed by atoms with Gasteiger partial charge in [-0.2, -0.15) is 10.1 Å². The number of rotatable bonds is 3. The highest BCUT2D eigenvalue weighted by atomic mass is 16.5. The van der Waals surface area contributed by atoms with E-state index in [-0.39, 0.29) is 17.2 Å². The van der Waals surface area contributed by atoms with Crippen LogP contribution in [0.1, 0.15) is 31.9 Å². The van der Waals surface area contributed by atoms with Gasteiger partial charge >= 0.3 is 0 Å². The molecule has 4 aromatic rings. The largest absolute Gasteiger partial charge is 0.487 e. The van der Waals surface area contributed by atoms with Gasteiger partial charge in [0.25, 0.3) is 5.56 Å². The normalized spacial score (nSPS) is 17.5. The fourth-order valence-corrected chi connectivity index (χ4v) is 3.84. The zero-order chi connectivity index (χ0) is 20.0. The standard InChI is InChI=1S/C22H21N5O2/c1-22(2)12-17(15-10-6-7-11-18(15)29-22)24-21-25-19-16(20(28)26-21)13-23-27(19)14-8-4-3-5-9-14/h3-11,13,17H,12H2,1-2H3,(H2,24,25,26,28). The summed E-state index contributed by atoms with van der Waals surface area (Å²) in [7, 11) is 0. The number of ether oxygens (including phenoxy) is 1. The molecule has 146 valence electrons. The quantitative estimate of drug-likeness (QED) is 0.558. The molecule has 0 fully saturated rings. The molecule has 1 unspecified atom stereocenters. The van der Waals surface area contributed by atoms with Crippen LogP contribution in [0.25, 0.3) is 16.7 Å². The van der Waals surface area contributed by atoms with Crippen molar-refractivity contribution in [3.8, 4) is 11.4 Å². The van der Waals surface area contributed by atoms with Crippen molar-refractivity contribution in [2.75, 3.05) is 5.32 Å². The number of aromatic nitrogens is 4. The van der Waals surface area contributed by atoms with Gasteiger partial charge in [-0.25, -0.2) is 4.68 Å². The van der Waals surface area contributed by atoms with Crippen LogP contribution in [0, 0.1) is 0 Å². The molecule has 1 aliphatic rings. The summed E-state index contributed by atoms with van der Waals surface area (Å²) < 4.78 is 7.78. The summed E-state index contributed by atoms with van der Waals surface area (Å²) in [6.45, 7) is 4.11. The summed E-state index contributed by atoms with van der Waals surface area (Å²) in [5, 5.41) is 8.22. The van der Waals surface area contributed by atoms with E-state index in [0.29, 0.717) is 17.0 Å². The SMILES string of the molecule is CC1(C)CC(Nc2nc3c(cnn3-c3ccccc3)c(=O)[nH]2)c2ccccc2O1. The number of aromatic amines is 1. The van der Waals surface area contributed by atoms with Crippen LogP contribution in [0.3, 0.4) is 0 Å². The Labute approximate surface area is 167 Å². The van der Waals surface area contributed by atoms with Gasteiger partial charge < -0.3 is 10.1 Å². The van der Waals surface area contributed by atoms with Gasteiger partial charge in [0.05, 0.1) is 17.9 Å². The van der Waals surface area contributed by atoms with Gasteiger partial charge in [-0.15, -0.1) is 0 Å². The predicted octanol–water partition coefficient (Wildman–Crippen LogP) is 3.82. The average molecular weight is 387 g/mol. The molecule has 0 amide bonds. The van der Waals surface area contributed by atoms with Crippen LogP contribution < -0.4 is 15.6 Å². The lowest BCUT2D eigenvalue weighted by atomic mass is 9.90. The first-order valence-electron chi connectivity index (χ1n) is 9.58. The molecule has 0 saturated carbocycles. The van der Waals surface area contributed by atoms with E-state index in [4.69, 9.17) is 4.74 Å². The molecule has 0 radical (unpaired) electrons. The molecule has 7 heteroatoms. The van der Waals surface area contributed by atoms with Crippen LogP contribution in [0.15, 0.2) is 65.6 Å². The number of para-hydroxylation sites is 2. The van der Waals surface area contributed by atoms with Crippen molar-refractivity contribution in [2.24, 2.45) is 0 Å². The minimum atomic E-state index is -0.331. The molecular formula is C22H21N5O2. The Hall–Kier alpha value is -3.61. The second-order valence-corrected chi connectivity index (χ2v) is 7.84. The number of hydrogen-bond donors (Lipinski definition) is 2. The van der Waals surface area contributed by atoms with Crippen LogP contribution in [0.5, 0.6) is 5.75 Å². The van der Waals surface area contributed by atoms with Crippen molar-refractivity contribution in [3.63, 3.8) is 0 Å². The molecule has 5 rings (SSSR count). The Morgan fingerprint density at radius 3 is 2.72 bits per heavy atom. The van der Waals surface area contributed by atoms with Crippen LogP contribution >= 0.6 is 0 Å². The number of nitrogens with one attached hydrogen (secondary N) is 2. The molecule has 3 heterocycles. The third-order valence-electron chi connectivity index (χ3n) is 5.13. The lowest BCUT2D eigenvalue weighted by Crippen LogP contribution is -2.37. The van der Waals surface area contributed by atoms with E-state index in [1.807, 2.05) is 54.6 Å². The first-order valence-corrected chi connectivity index (χ1v) is 9.58. The van der Waals surface area contributed by atoms with E-state index in [2.05, 4.69) is 34.2 Å². The summed E-state index contributed by atoms with van der Waals surface area (Å²) in [6, 6.07) is 17.6. The number of anilines is 1. The van der Waals surface area contributed by atoms with E-state index in [9.17, 15) is 4.79 Å². The van der Waals surface area contributed by atoms with Crippen LogP contribution in [0.2, 0.25) is 0 Å². The van der Waals surface area contributed by atoms with E-state index in [1.165, 1.54) is 0 Å². The fourth-order valence-electron chi connectivity index (χ4n) is 3.84. The van der Waals surface area contributed by atoms with E-state index in [1.54, 1.807) is 10.9 Å². The third-order valence-corrected chi connectivity index (χ3v) is 5.13. The highest BCUT2D eigenvalue weighted by Gasteiger charge is 2.34. The molecule has 0 saturated heterocycles. The minimum absolute atomic E-state index is 0.0383. The maximum atomic E-state index is 12.6. The summed E-state index contributed by atoms with van der Waals surface area (Å²) in [5.41, 5.74) is 1.86. The van der Waals surface area contributed by atoms with Gasteiger partial charge in [0.15, 0.2) is 5.65 Å². The molecule has 2 N–H and O–H groups in total. The van der Waals surface area contributed by atoms with Gasteiger partial charge in [0.2, 0.25) is 5.95 Å². The molecule has 2 aromatic carbocycles. The lowest BCUT2D eigenvalue weighted by Gasteiger charge is -2.37. The molecule has 29 heavy (non-hydrogen) atoms. The molecular weight excluding hydrogens is 366 g/mol. The smallest absolute Gasteiger partial charge is 0.263 e. The highest BCUT2D eigenvalue weighted by Crippen LogP contribution is 2.40. The Morgan fingerprint density at radius 2 is 1.90 bits per heavy atom. The maximum Gasteiger partial charge on any atom is 0.263 e. The van der Waals surface area contributed by atoms with Crippen molar-refractivity contribution in [1.82, 2.24) is 19.7 Å². The Kier molecular flexibility index (Phi) is 3.91. The van der Waals surface area contributed by atoms with Crippen molar-refractivity contribution in [2.45, 2.75) is 31.9 Å². The summed E-state index contributed by atoms with van der Waals surface area (Å²) in [6.07, 6.45) is 2.29. The van der Waals surface area contributed by atoms with Crippen molar-refractivity contribution >= 4 is 17.0 Å². The van der Waals surface area contributed by atoms with Crippen molar-refractivity contribution < 1.29 is 4.74 Å². The van der Waals surface area contributed by atoms with Crippen LogP contribution in [0.4, 0.5) is 5.95 Å². The molecule has 0 bridgehead atoms. The maximum absolute atomic E-state index is 12.6. The zero-order valence-electron chi connectivity index (χ0n) is 16.2. The van der Waals surface area contributed by atoms with E-state index < -0.39 is 0 Å². The first-order chi connectivity index (χ1) is 14.0. The van der Waals surface area contributed by atoms with Gasteiger partial charge in [0.1, 0.15) is 16.7 Å². The molecule has 0 spiro atoms. The number of nitrogens with zero attached hydrogens (tertiary/aromatic N) is 3. The van der Waals surface area contributed by atoms with Gasteiger partial charge in [-0.05, 0) is 32.0 Å². The second kappa shape index (κ2) is 6.48. The summed E-state index contributed by atoms with van der Waals surface area (Å²) in [5.74, 6) is 1.26. The van der Waals surface area contributed by atoms with Crippen LogP contribution in [-0.2, 0) is 0 Å². The Morgan fingerprint density at radius 1 is 1.14 bits per heavy atom. The third kappa shape index (κ3) is 3.14. The van der Waals surface area contributed by atoms with Gasteiger partial charge in [-0.1, -0.05) is 36.4 Å². The monoisotopic (exact) mass is 387 g/mol. The van der Waals surface area contributed by atoms with E-state index in [0.717, 1.165) is 23.4 Å². The van der Waals surface area contributed by atoms with Crippen molar-refractivity contribution in [3.05, 3.63) is 76.7 Å². The Bertz CT molecular complexity index is 1240. The zero-order valence-corrected chi connectivity index (χ0v) is 16.2. The minimum Gasteiger partial charge on any atom is -0.487 e. The van der Waals surface area contributed by atoms with Gasteiger partial charge in [-0.3, -0.25) is 9.78 Å². The summed E-state index contributed by atoms with van der Waals surface area (Å²) in [4.78, 5) is 20.2. The lowest BCUT2D eigenvalue weighted by molar-refractivity contribution is 0.0758. The van der Waals surface area contributed by atoms with Crippen molar-refractivity contribution in [1.29, 1.82) is 0 Å². The number of benzene rings is 2. The van der Waals surface area contributed by atoms with E-state index >= 15 is 0 Å². The number of fused-ring (bicyclic) bond motifs is 2. The number of H-pyrrole nitrogens is 1. The molecule has 7 nitrogen and oxygen atoms in total. The second-order valence-electron chi connectivity index (χ2n) is 7.84. The molecule has 2 aromatic heterocycles. The van der Waals surface area contributed by atoms with Crippen LogP contribution in [-0.4, -0.2) is 25.3 Å². The molecule has 1 aliphatic heterocycles. The topological polar surface area (TPSA) is 84.8 Å². The average Bonchev–Trinajstić information content (AvgIpc) is 3.12.